The highest BCUT2D eigenvalue weighted by molar-refractivity contribution is 7.09. The average Bonchev–Trinajstić information content (AvgIpc) is 2.94. The molecule has 0 aromatic carbocycles. The number of likely N-dealkylation sites (N-methyl/N-ethyl adjacent to an activating group) is 1. The quantitative estimate of drug-likeness (QED) is 0.889. The van der Waals surface area contributed by atoms with E-state index < -0.39 is 5.97 Å². The number of hydrogen-bond donors (Lipinski definition) is 1. The van der Waals surface area contributed by atoms with Crippen LogP contribution >= 0.6 is 11.3 Å². The highest BCUT2D eigenvalue weighted by Gasteiger charge is 2.24. The third kappa shape index (κ3) is 3.09. The van der Waals surface area contributed by atoms with E-state index in [1.54, 1.807) is 11.3 Å². The molecule has 2 atom stereocenters. The number of aliphatic carboxylic acids is 1. The lowest BCUT2D eigenvalue weighted by molar-refractivity contribution is -0.141. The van der Waals surface area contributed by atoms with Crippen molar-refractivity contribution < 1.29 is 9.90 Å². The second-order valence-corrected chi connectivity index (χ2v) is 6.00. The molecule has 1 fully saturated rings. The van der Waals surface area contributed by atoms with Crippen LogP contribution in [0.25, 0.3) is 0 Å². The van der Waals surface area contributed by atoms with E-state index >= 15 is 0 Å². The average molecular weight is 268 g/mol. The molecule has 1 aliphatic heterocycles. The van der Waals surface area contributed by atoms with Crippen LogP contribution in [0.2, 0.25) is 0 Å². The molecular weight excluding hydrogens is 248 g/mol. The van der Waals surface area contributed by atoms with Crippen molar-refractivity contribution in [3.05, 3.63) is 16.1 Å². The van der Waals surface area contributed by atoms with Gasteiger partial charge >= 0.3 is 5.97 Å². The van der Waals surface area contributed by atoms with Gasteiger partial charge in [-0.2, -0.15) is 0 Å². The first-order valence-corrected chi connectivity index (χ1v) is 7.33. The van der Waals surface area contributed by atoms with Crippen LogP contribution in [0.3, 0.4) is 0 Å². The topological polar surface area (TPSA) is 53.4 Å². The van der Waals surface area contributed by atoms with E-state index in [4.69, 9.17) is 5.11 Å². The highest BCUT2D eigenvalue weighted by Crippen LogP contribution is 2.28. The molecule has 5 heteroatoms. The molecule has 1 aromatic heterocycles. The van der Waals surface area contributed by atoms with E-state index in [0.29, 0.717) is 18.8 Å². The predicted molar refractivity (Wildman–Crippen MR) is 72.1 cm³/mol. The van der Waals surface area contributed by atoms with Crippen molar-refractivity contribution in [2.24, 2.45) is 5.92 Å². The molecule has 0 amide bonds. The maximum absolute atomic E-state index is 11.0. The number of nitrogens with zero attached hydrogens (tertiary/aromatic N) is 2. The number of likely N-dealkylation sites (tertiary alicyclic amines) is 1. The summed E-state index contributed by atoms with van der Waals surface area (Å²) in [5, 5.41) is 12.1. The summed E-state index contributed by atoms with van der Waals surface area (Å²) in [5.41, 5.74) is 1.15. The van der Waals surface area contributed by atoms with Crippen LogP contribution in [-0.4, -0.2) is 41.1 Å². The smallest absolute Gasteiger partial charge is 0.306 e. The van der Waals surface area contributed by atoms with Crippen LogP contribution in [0, 0.1) is 5.92 Å². The maximum Gasteiger partial charge on any atom is 0.306 e. The van der Waals surface area contributed by atoms with E-state index in [1.807, 2.05) is 6.92 Å². The van der Waals surface area contributed by atoms with Gasteiger partial charge in [-0.25, -0.2) is 4.98 Å². The van der Waals surface area contributed by atoms with Gasteiger partial charge in [-0.15, -0.1) is 11.3 Å². The van der Waals surface area contributed by atoms with Gasteiger partial charge in [-0.3, -0.25) is 4.79 Å². The molecule has 4 nitrogen and oxygen atoms in total. The van der Waals surface area contributed by atoms with Gasteiger partial charge in [0.25, 0.3) is 0 Å². The van der Waals surface area contributed by atoms with Crippen molar-refractivity contribution in [3.63, 3.8) is 0 Å². The normalized spacial score (nSPS) is 22.2. The van der Waals surface area contributed by atoms with Crippen molar-refractivity contribution in [2.45, 2.75) is 32.1 Å². The zero-order valence-corrected chi connectivity index (χ0v) is 11.7. The highest BCUT2D eigenvalue weighted by atomic mass is 32.1. The van der Waals surface area contributed by atoms with Crippen LogP contribution in [-0.2, 0) is 11.2 Å². The number of rotatable bonds is 5. The minimum Gasteiger partial charge on any atom is -0.481 e. The van der Waals surface area contributed by atoms with Crippen molar-refractivity contribution in [3.8, 4) is 0 Å². The molecule has 2 heterocycles. The standard InChI is InChI=1S/C13H20N2O2S/c1-3-9(13(16)17)6-12-14-11(8-18-12)10-4-5-15(2)7-10/h8-10H,3-7H2,1-2H3,(H,16,17). The van der Waals surface area contributed by atoms with Crippen molar-refractivity contribution >= 4 is 17.3 Å². The Morgan fingerprint density at radius 1 is 1.72 bits per heavy atom. The monoisotopic (exact) mass is 268 g/mol. The van der Waals surface area contributed by atoms with Gasteiger partial charge in [-0.05, 0) is 26.4 Å². The zero-order chi connectivity index (χ0) is 13.1. The number of carboxylic acids is 1. The Labute approximate surface area is 112 Å². The summed E-state index contributed by atoms with van der Waals surface area (Å²) in [4.78, 5) is 18.0. The van der Waals surface area contributed by atoms with Gasteiger partial charge in [0.05, 0.1) is 16.6 Å². The minimum absolute atomic E-state index is 0.296. The Morgan fingerprint density at radius 2 is 2.50 bits per heavy atom. The first-order chi connectivity index (χ1) is 8.60. The fourth-order valence-corrected chi connectivity index (χ4v) is 3.36. The summed E-state index contributed by atoms with van der Waals surface area (Å²) < 4.78 is 0. The fourth-order valence-electron chi connectivity index (χ4n) is 2.40. The molecule has 2 unspecified atom stereocenters. The van der Waals surface area contributed by atoms with E-state index in [-0.39, 0.29) is 5.92 Å². The Kier molecular flexibility index (Phi) is 4.35. The van der Waals surface area contributed by atoms with Crippen LogP contribution in [0.1, 0.15) is 36.4 Å². The van der Waals surface area contributed by atoms with Crippen molar-refractivity contribution in [1.82, 2.24) is 9.88 Å². The van der Waals surface area contributed by atoms with E-state index in [9.17, 15) is 4.79 Å². The van der Waals surface area contributed by atoms with Gasteiger partial charge in [0.2, 0.25) is 0 Å². The summed E-state index contributed by atoms with van der Waals surface area (Å²) in [6.07, 6.45) is 2.39. The van der Waals surface area contributed by atoms with E-state index in [1.165, 1.54) is 0 Å². The zero-order valence-electron chi connectivity index (χ0n) is 10.9. The number of aromatic nitrogens is 1. The summed E-state index contributed by atoms with van der Waals surface area (Å²) in [6, 6.07) is 0. The van der Waals surface area contributed by atoms with Crippen molar-refractivity contribution in [2.75, 3.05) is 20.1 Å². The molecule has 100 valence electrons. The van der Waals surface area contributed by atoms with Crippen LogP contribution in [0.15, 0.2) is 5.38 Å². The second-order valence-electron chi connectivity index (χ2n) is 5.06. The third-order valence-electron chi connectivity index (χ3n) is 3.64. The first kappa shape index (κ1) is 13.5. The largest absolute Gasteiger partial charge is 0.481 e. The van der Waals surface area contributed by atoms with Gasteiger partial charge in [-0.1, -0.05) is 6.92 Å². The molecule has 1 N–H and O–H groups in total. The molecular formula is C13H20N2O2S. The molecule has 1 aromatic rings. The van der Waals surface area contributed by atoms with Crippen molar-refractivity contribution in [1.29, 1.82) is 0 Å². The molecule has 2 rings (SSSR count). The molecule has 0 spiro atoms. The summed E-state index contributed by atoms with van der Waals surface area (Å²) >= 11 is 1.61. The lowest BCUT2D eigenvalue weighted by Crippen LogP contribution is -2.15. The minimum atomic E-state index is -0.713. The number of carboxylic acid groups (broad SMARTS) is 1. The van der Waals surface area contributed by atoms with E-state index in [0.717, 1.165) is 30.2 Å². The predicted octanol–water partition coefficient (Wildman–Crippen LogP) is 2.22. The molecule has 0 radical (unpaired) electrons. The second kappa shape index (κ2) is 5.80. The lowest BCUT2D eigenvalue weighted by atomic mass is 10.0. The van der Waals surface area contributed by atoms with E-state index in [2.05, 4.69) is 22.3 Å². The Balaban J connectivity index is 1.99. The molecule has 18 heavy (non-hydrogen) atoms. The van der Waals surface area contributed by atoms with Crippen LogP contribution in [0.4, 0.5) is 0 Å². The van der Waals surface area contributed by atoms with Gasteiger partial charge in [0.1, 0.15) is 0 Å². The summed E-state index contributed by atoms with van der Waals surface area (Å²) in [6.45, 7) is 4.11. The maximum atomic E-state index is 11.0. The Bertz CT molecular complexity index is 419. The number of thiazole rings is 1. The fraction of sp³-hybridized carbons (Fsp3) is 0.692. The molecule has 1 aliphatic rings. The van der Waals surface area contributed by atoms with Crippen LogP contribution in [0.5, 0.6) is 0 Å². The molecule has 0 aliphatic carbocycles. The third-order valence-corrected chi connectivity index (χ3v) is 4.53. The van der Waals surface area contributed by atoms with Gasteiger partial charge in [0.15, 0.2) is 0 Å². The lowest BCUT2D eigenvalue weighted by Gasteiger charge is -2.08. The summed E-state index contributed by atoms with van der Waals surface area (Å²) in [7, 11) is 2.13. The summed E-state index contributed by atoms with van der Waals surface area (Å²) in [5.74, 6) is -0.477. The number of carbonyl (C=O) groups is 1. The van der Waals surface area contributed by atoms with Gasteiger partial charge in [0, 0.05) is 24.3 Å². The number of hydrogen-bond acceptors (Lipinski definition) is 4. The van der Waals surface area contributed by atoms with Gasteiger partial charge < -0.3 is 10.0 Å². The Morgan fingerprint density at radius 3 is 3.06 bits per heavy atom. The molecule has 0 bridgehead atoms. The molecule has 0 saturated carbocycles. The SMILES string of the molecule is CCC(Cc1nc(C2CCN(C)C2)cs1)C(=O)O. The van der Waals surface area contributed by atoms with Crippen LogP contribution < -0.4 is 0 Å². The Hall–Kier alpha value is -0.940. The molecule has 1 saturated heterocycles. The first-order valence-electron chi connectivity index (χ1n) is 6.45.